The number of nitrogens with one attached hydrogen (secondary N) is 2. The summed E-state index contributed by atoms with van der Waals surface area (Å²) < 4.78 is 1.94. The summed E-state index contributed by atoms with van der Waals surface area (Å²) in [6.45, 7) is 0. The van der Waals surface area contributed by atoms with Crippen molar-refractivity contribution in [2.45, 2.75) is 37.6 Å². The predicted molar refractivity (Wildman–Crippen MR) is 88.1 cm³/mol. The van der Waals surface area contributed by atoms with E-state index in [4.69, 9.17) is 0 Å². The average Bonchev–Trinajstić information content (AvgIpc) is 3.10. The molecule has 0 radical (unpaired) electrons. The van der Waals surface area contributed by atoms with Gasteiger partial charge in [0.2, 0.25) is 11.9 Å². The molecule has 3 rings (SSSR count). The third kappa shape index (κ3) is 3.35. The molecule has 2 heterocycles. The molecule has 1 aliphatic rings. The van der Waals surface area contributed by atoms with Crippen molar-refractivity contribution in [3.8, 4) is 0 Å². The summed E-state index contributed by atoms with van der Waals surface area (Å²) in [5, 5.41) is 9.90. The molecule has 7 heteroatoms. The summed E-state index contributed by atoms with van der Waals surface area (Å²) in [6.07, 6.45) is 10.2. The number of anilines is 1. The van der Waals surface area contributed by atoms with Crippen LogP contribution in [0.4, 0.5) is 5.95 Å². The second kappa shape index (κ2) is 7.00. The minimum atomic E-state index is -0.229. The molecule has 0 bridgehead atoms. The lowest BCUT2D eigenvalue weighted by atomic mass is 9.85. The molecule has 0 saturated heterocycles. The first-order chi connectivity index (χ1) is 10.8. The van der Waals surface area contributed by atoms with Crippen LogP contribution >= 0.6 is 11.8 Å². The second-order valence-electron chi connectivity index (χ2n) is 5.59. The normalized spacial score (nSPS) is 16.2. The van der Waals surface area contributed by atoms with E-state index in [1.54, 1.807) is 11.8 Å². The van der Waals surface area contributed by atoms with E-state index < -0.39 is 0 Å². The molecule has 0 aliphatic heterocycles. The topological polar surface area (TPSA) is 75.6 Å². The Morgan fingerprint density at radius 2 is 2.27 bits per heavy atom. The van der Waals surface area contributed by atoms with E-state index >= 15 is 0 Å². The molecule has 0 unspecified atom stereocenters. The van der Waals surface area contributed by atoms with Crippen LogP contribution in [0.2, 0.25) is 0 Å². The molecular formula is C15H21N5OS. The zero-order valence-electron chi connectivity index (χ0n) is 12.7. The first-order valence-electron chi connectivity index (χ1n) is 7.62. The maximum atomic E-state index is 12.5. The predicted octanol–water partition coefficient (Wildman–Crippen LogP) is 2.81. The van der Waals surface area contributed by atoms with Gasteiger partial charge in [0, 0.05) is 18.3 Å². The number of aromatic nitrogens is 4. The highest BCUT2D eigenvalue weighted by atomic mass is 32.2. The molecule has 1 aliphatic carbocycles. The van der Waals surface area contributed by atoms with Crippen LogP contribution in [0.3, 0.4) is 0 Å². The monoisotopic (exact) mass is 319 g/mol. The van der Waals surface area contributed by atoms with Gasteiger partial charge >= 0.3 is 0 Å². The molecule has 6 nitrogen and oxygen atoms in total. The van der Waals surface area contributed by atoms with Crippen LogP contribution in [0, 0.1) is 0 Å². The highest BCUT2D eigenvalue weighted by Crippen LogP contribution is 2.34. The van der Waals surface area contributed by atoms with Crippen molar-refractivity contribution < 1.29 is 4.79 Å². The SMILES string of the molecule is CSCC[C@H](C(=O)Nc1n[nH]c(C2CCC2)n1)n1cccc1. The molecule has 1 saturated carbocycles. The summed E-state index contributed by atoms with van der Waals surface area (Å²) in [5.74, 6) is 2.62. The van der Waals surface area contributed by atoms with E-state index in [1.807, 2.05) is 35.3 Å². The van der Waals surface area contributed by atoms with Crippen molar-refractivity contribution in [2.24, 2.45) is 0 Å². The van der Waals surface area contributed by atoms with Gasteiger partial charge in [-0.15, -0.1) is 5.10 Å². The number of nitrogens with zero attached hydrogens (tertiary/aromatic N) is 3. The van der Waals surface area contributed by atoms with Gasteiger partial charge in [-0.05, 0) is 43.4 Å². The fraction of sp³-hybridized carbons (Fsp3) is 0.533. The zero-order valence-corrected chi connectivity index (χ0v) is 13.5. The van der Waals surface area contributed by atoms with Gasteiger partial charge in [0.15, 0.2) is 0 Å². The molecule has 2 aromatic heterocycles. The van der Waals surface area contributed by atoms with E-state index in [9.17, 15) is 4.79 Å². The highest BCUT2D eigenvalue weighted by Gasteiger charge is 2.25. The Labute approximate surface area is 134 Å². The van der Waals surface area contributed by atoms with Gasteiger partial charge < -0.3 is 4.57 Å². The van der Waals surface area contributed by atoms with Gasteiger partial charge in [0.1, 0.15) is 11.9 Å². The quantitative estimate of drug-likeness (QED) is 0.823. The summed E-state index contributed by atoms with van der Waals surface area (Å²) in [5.41, 5.74) is 0. The summed E-state index contributed by atoms with van der Waals surface area (Å²) in [6, 6.07) is 3.63. The number of amides is 1. The number of rotatable bonds is 7. The van der Waals surface area contributed by atoms with E-state index in [0.29, 0.717) is 11.9 Å². The Hall–Kier alpha value is -1.76. The number of carbonyl (C=O) groups excluding carboxylic acids is 1. The molecular weight excluding hydrogens is 298 g/mol. The maximum Gasteiger partial charge on any atom is 0.249 e. The van der Waals surface area contributed by atoms with Crippen LogP contribution in [-0.2, 0) is 4.79 Å². The molecule has 118 valence electrons. The van der Waals surface area contributed by atoms with E-state index in [-0.39, 0.29) is 11.9 Å². The standard InChI is InChI=1S/C15H21N5OS/c1-22-10-7-12(20-8-2-3-9-20)14(21)17-15-16-13(18-19-15)11-5-4-6-11/h2-3,8-9,11-12H,4-7,10H2,1H3,(H2,16,17,18,19,21)/t12-/m1/s1. The van der Waals surface area contributed by atoms with Crippen molar-refractivity contribution in [2.75, 3.05) is 17.3 Å². The second-order valence-corrected chi connectivity index (χ2v) is 6.57. The van der Waals surface area contributed by atoms with E-state index in [0.717, 1.165) is 30.8 Å². The smallest absolute Gasteiger partial charge is 0.249 e. The van der Waals surface area contributed by atoms with Gasteiger partial charge in [-0.25, -0.2) is 0 Å². The molecule has 0 spiro atoms. The number of aromatic amines is 1. The number of hydrogen-bond donors (Lipinski definition) is 2. The number of hydrogen-bond acceptors (Lipinski definition) is 4. The van der Waals surface area contributed by atoms with Gasteiger partial charge in [0.25, 0.3) is 0 Å². The lowest BCUT2D eigenvalue weighted by molar-refractivity contribution is -0.119. The molecule has 2 aromatic rings. The van der Waals surface area contributed by atoms with Crippen molar-refractivity contribution in [3.63, 3.8) is 0 Å². The van der Waals surface area contributed by atoms with E-state index in [2.05, 4.69) is 20.5 Å². The fourth-order valence-corrected chi connectivity index (χ4v) is 3.05. The lowest BCUT2D eigenvalue weighted by Crippen LogP contribution is -2.26. The number of carbonyl (C=O) groups is 1. The van der Waals surface area contributed by atoms with Crippen LogP contribution in [0.25, 0.3) is 0 Å². The Morgan fingerprint density at radius 1 is 1.50 bits per heavy atom. The Bertz CT molecular complexity index is 605. The lowest BCUT2D eigenvalue weighted by Gasteiger charge is -2.22. The number of H-pyrrole nitrogens is 1. The Morgan fingerprint density at radius 3 is 2.91 bits per heavy atom. The third-order valence-corrected chi connectivity index (χ3v) is 4.76. The van der Waals surface area contributed by atoms with Gasteiger partial charge in [-0.3, -0.25) is 15.2 Å². The van der Waals surface area contributed by atoms with Gasteiger partial charge in [-0.2, -0.15) is 16.7 Å². The first kappa shape index (κ1) is 15.1. The fourth-order valence-electron chi connectivity index (χ4n) is 2.59. The van der Waals surface area contributed by atoms with Gasteiger partial charge in [-0.1, -0.05) is 6.42 Å². The van der Waals surface area contributed by atoms with Crippen LogP contribution < -0.4 is 5.32 Å². The number of thioether (sulfide) groups is 1. The molecule has 2 N–H and O–H groups in total. The van der Waals surface area contributed by atoms with Crippen molar-refractivity contribution in [1.29, 1.82) is 0 Å². The summed E-state index contributed by atoms with van der Waals surface area (Å²) in [4.78, 5) is 16.9. The van der Waals surface area contributed by atoms with Crippen LogP contribution in [-0.4, -0.2) is 37.7 Å². The maximum absolute atomic E-state index is 12.5. The third-order valence-electron chi connectivity index (χ3n) is 4.12. The molecule has 1 fully saturated rings. The molecule has 22 heavy (non-hydrogen) atoms. The van der Waals surface area contributed by atoms with Crippen molar-refractivity contribution in [3.05, 3.63) is 30.4 Å². The zero-order chi connectivity index (χ0) is 15.4. The summed E-state index contributed by atoms with van der Waals surface area (Å²) in [7, 11) is 0. The molecule has 1 amide bonds. The first-order valence-corrected chi connectivity index (χ1v) is 9.02. The van der Waals surface area contributed by atoms with Crippen LogP contribution in [0.5, 0.6) is 0 Å². The Balaban J connectivity index is 1.66. The van der Waals surface area contributed by atoms with Crippen molar-refractivity contribution >= 4 is 23.6 Å². The molecule has 0 aromatic carbocycles. The minimum absolute atomic E-state index is 0.0654. The summed E-state index contributed by atoms with van der Waals surface area (Å²) >= 11 is 1.74. The van der Waals surface area contributed by atoms with Crippen molar-refractivity contribution in [1.82, 2.24) is 19.7 Å². The van der Waals surface area contributed by atoms with E-state index in [1.165, 1.54) is 6.42 Å². The highest BCUT2D eigenvalue weighted by molar-refractivity contribution is 7.98. The van der Waals surface area contributed by atoms with Gasteiger partial charge in [0.05, 0.1) is 0 Å². The Kier molecular flexibility index (Phi) is 4.82. The molecule has 1 atom stereocenters. The van der Waals surface area contributed by atoms with Crippen LogP contribution in [0.1, 0.15) is 43.5 Å². The largest absolute Gasteiger partial charge is 0.342 e. The average molecular weight is 319 g/mol. The van der Waals surface area contributed by atoms with Crippen LogP contribution in [0.15, 0.2) is 24.5 Å². The minimum Gasteiger partial charge on any atom is -0.342 e.